The maximum atomic E-state index is 11.7. The van der Waals surface area contributed by atoms with Crippen LogP contribution in [0.2, 0.25) is 0 Å². The maximum Gasteiger partial charge on any atom is 0.333 e. The van der Waals surface area contributed by atoms with Gasteiger partial charge in [-0.2, -0.15) is 0 Å². The van der Waals surface area contributed by atoms with Crippen LogP contribution in [0.4, 0.5) is 0 Å². The number of hydrogen-bond acceptors (Lipinski definition) is 2. The molecule has 0 N–H and O–H groups in total. The molecule has 0 radical (unpaired) electrons. The molecule has 0 aromatic carbocycles. The van der Waals surface area contributed by atoms with Crippen molar-refractivity contribution in [1.29, 1.82) is 0 Å². The van der Waals surface area contributed by atoms with Gasteiger partial charge in [-0.3, -0.25) is 0 Å². The van der Waals surface area contributed by atoms with Crippen molar-refractivity contribution < 1.29 is 9.53 Å². The van der Waals surface area contributed by atoms with Crippen molar-refractivity contribution >= 4 is 5.97 Å². The summed E-state index contributed by atoms with van der Waals surface area (Å²) in [6.07, 6.45) is 4.43. The lowest BCUT2D eigenvalue weighted by Gasteiger charge is -2.30. The Hall–Kier alpha value is -1.05. The SMILES string of the molecule is CCOC(=O)C(C)=C(C)CC1CC=C(C)C1(C)C. The molecule has 0 bridgehead atoms. The van der Waals surface area contributed by atoms with Crippen molar-refractivity contribution in [2.24, 2.45) is 11.3 Å². The number of carbonyl (C=O) groups is 1. The van der Waals surface area contributed by atoms with Gasteiger partial charge in [-0.25, -0.2) is 4.79 Å². The lowest BCUT2D eigenvalue weighted by Crippen LogP contribution is -2.21. The van der Waals surface area contributed by atoms with E-state index in [9.17, 15) is 4.79 Å². The molecule has 102 valence electrons. The summed E-state index contributed by atoms with van der Waals surface area (Å²) in [5, 5.41) is 0. The molecule has 1 unspecified atom stereocenters. The smallest absolute Gasteiger partial charge is 0.333 e. The van der Waals surface area contributed by atoms with Gasteiger partial charge in [-0.1, -0.05) is 31.1 Å². The molecule has 1 aliphatic carbocycles. The van der Waals surface area contributed by atoms with Gasteiger partial charge in [0.25, 0.3) is 0 Å². The topological polar surface area (TPSA) is 26.3 Å². The highest BCUT2D eigenvalue weighted by Crippen LogP contribution is 2.45. The third-order valence-corrected chi connectivity index (χ3v) is 4.52. The Morgan fingerprint density at radius 3 is 2.50 bits per heavy atom. The van der Waals surface area contributed by atoms with E-state index in [1.807, 2.05) is 13.8 Å². The predicted octanol–water partition coefficient (Wildman–Crippen LogP) is 4.27. The largest absolute Gasteiger partial charge is 0.463 e. The normalized spacial score (nSPS) is 23.4. The standard InChI is InChI=1S/C16H26O2/c1-7-18-15(17)13(4)11(2)10-14-9-8-12(3)16(14,5)6/h8,14H,7,9-10H2,1-6H3. The molecule has 0 aromatic heterocycles. The average Bonchev–Trinajstić information content (AvgIpc) is 2.55. The van der Waals surface area contributed by atoms with Crippen molar-refractivity contribution in [3.63, 3.8) is 0 Å². The van der Waals surface area contributed by atoms with Crippen molar-refractivity contribution in [3.8, 4) is 0 Å². The van der Waals surface area contributed by atoms with Crippen molar-refractivity contribution in [1.82, 2.24) is 0 Å². The summed E-state index contributed by atoms with van der Waals surface area (Å²) < 4.78 is 5.05. The van der Waals surface area contributed by atoms with E-state index >= 15 is 0 Å². The van der Waals surface area contributed by atoms with Gasteiger partial charge in [-0.05, 0) is 51.9 Å². The van der Waals surface area contributed by atoms with E-state index in [-0.39, 0.29) is 11.4 Å². The van der Waals surface area contributed by atoms with Gasteiger partial charge in [0.1, 0.15) is 0 Å². The van der Waals surface area contributed by atoms with Crippen LogP contribution in [0.3, 0.4) is 0 Å². The van der Waals surface area contributed by atoms with Crippen LogP contribution >= 0.6 is 0 Å². The molecule has 1 rings (SSSR count). The molecule has 2 nitrogen and oxygen atoms in total. The Morgan fingerprint density at radius 1 is 1.44 bits per heavy atom. The van der Waals surface area contributed by atoms with Crippen LogP contribution < -0.4 is 0 Å². The molecule has 0 fully saturated rings. The summed E-state index contributed by atoms with van der Waals surface area (Å²) in [6.45, 7) is 13.0. The van der Waals surface area contributed by atoms with Crippen molar-refractivity contribution in [3.05, 3.63) is 22.8 Å². The molecular weight excluding hydrogens is 224 g/mol. The lowest BCUT2D eigenvalue weighted by molar-refractivity contribution is -0.138. The highest BCUT2D eigenvalue weighted by molar-refractivity contribution is 5.88. The molecule has 0 spiro atoms. The fourth-order valence-corrected chi connectivity index (χ4v) is 2.47. The monoisotopic (exact) mass is 250 g/mol. The summed E-state index contributed by atoms with van der Waals surface area (Å²) in [5.74, 6) is 0.428. The molecule has 1 aliphatic rings. The number of allylic oxidation sites excluding steroid dienone is 3. The highest BCUT2D eigenvalue weighted by atomic mass is 16.5. The molecule has 1 atom stereocenters. The number of esters is 1. The zero-order valence-electron chi connectivity index (χ0n) is 12.6. The van der Waals surface area contributed by atoms with Crippen LogP contribution in [0.15, 0.2) is 22.8 Å². The summed E-state index contributed by atoms with van der Waals surface area (Å²) >= 11 is 0. The van der Waals surface area contributed by atoms with E-state index in [0.29, 0.717) is 12.5 Å². The second kappa shape index (κ2) is 5.73. The molecular formula is C16H26O2. The molecule has 0 saturated carbocycles. The number of rotatable bonds is 4. The molecule has 0 amide bonds. The van der Waals surface area contributed by atoms with Crippen LogP contribution in [0.5, 0.6) is 0 Å². The van der Waals surface area contributed by atoms with Gasteiger partial charge < -0.3 is 4.74 Å². The van der Waals surface area contributed by atoms with E-state index in [1.54, 1.807) is 0 Å². The van der Waals surface area contributed by atoms with Gasteiger partial charge in [0.2, 0.25) is 0 Å². The summed E-state index contributed by atoms with van der Waals surface area (Å²) in [4.78, 5) is 11.7. The van der Waals surface area contributed by atoms with E-state index < -0.39 is 0 Å². The van der Waals surface area contributed by atoms with Gasteiger partial charge >= 0.3 is 5.97 Å². The van der Waals surface area contributed by atoms with Gasteiger partial charge in [0.05, 0.1) is 6.61 Å². The minimum absolute atomic E-state index is 0.171. The Labute approximate surface area is 111 Å². The minimum atomic E-state index is -0.171. The first-order valence-electron chi connectivity index (χ1n) is 6.81. The summed E-state index contributed by atoms with van der Waals surface area (Å²) in [5.41, 5.74) is 3.65. The van der Waals surface area contributed by atoms with Gasteiger partial charge in [-0.15, -0.1) is 0 Å². The lowest BCUT2D eigenvalue weighted by atomic mass is 9.74. The van der Waals surface area contributed by atoms with Crippen LogP contribution in [0, 0.1) is 11.3 Å². The maximum absolute atomic E-state index is 11.7. The Morgan fingerprint density at radius 2 is 2.06 bits per heavy atom. The third-order valence-electron chi connectivity index (χ3n) is 4.52. The first-order chi connectivity index (χ1) is 8.30. The van der Waals surface area contributed by atoms with Crippen molar-refractivity contribution in [2.45, 2.75) is 54.4 Å². The Kier molecular flexibility index (Phi) is 4.78. The Balaban J connectivity index is 2.74. The van der Waals surface area contributed by atoms with Crippen LogP contribution in [0.1, 0.15) is 54.4 Å². The van der Waals surface area contributed by atoms with E-state index in [0.717, 1.165) is 24.0 Å². The third kappa shape index (κ3) is 3.04. The van der Waals surface area contributed by atoms with Gasteiger partial charge in [0.15, 0.2) is 0 Å². The fourth-order valence-electron chi connectivity index (χ4n) is 2.47. The molecule has 0 saturated heterocycles. The first-order valence-corrected chi connectivity index (χ1v) is 6.81. The molecule has 0 aliphatic heterocycles. The first kappa shape index (κ1) is 15.0. The predicted molar refractivity (Wildman–Crippen MR) is 75.3 cm³/mol. The molecule has 0 heterocycles. The van der Waals surface area contributed by atoms with Crippen molar-refractivity contribution in [2.75, 3.05) is 6.61 Å². The summed E-state index contributed by atoms with van der Waals surface area (Å²) in [6, 6.07) is 0. The van der Waals surface area contributed by atoms with E-state index in [1.165, 1.54) is 5.57 Å². The average molecular weight is 250 g/mol. The van der Waals surface area contributed by atoms with E-state index in [4.69, 9.17) is 4.74 Å². The number of ether oxygens (including phenoxy) is 1. The Bertz CT molecular complexity index is 386. The fraction of sp³-hybridized carbons (Fsp3) is 0.688. The molecule has 0 aromatic rings. The highest BCUT2D eigenvalue weighted by Gasteiger charge is 2.34. The number of hydrogen-bond donors (Lipinski definition) is 0. The van der Waals surface area contributed by atoms with Crippen LogP contribution in [-0.4, -0.2) is 12.6 Å². The number of carbonyl (C=O) groups excluding carboxylic acids is 1. The molecule has 18 heavy (non-hydrogen) atoms. The second-order valence-corrected chi connectivity index (χ2v) is 5.87. The zero-order chi connectivity index (χ0) is 13.9. The van der Waals surface area contributed by atoms with Crippen LogP contribution in [-0.2, 0) is 9.53 Å². The quantitative estimate of drug-likeness (QED) is 0.423. The van der Waals surface area contributed by atoms with Crippen LogP contribution in [0.25, 0.3) is 0 Å². The molecule has 2 heteroatoms. The minimum Gasteiger partial charge on any atom is -0.463 e. The second-order valence-electron chi connectivity index (χ2n) is 5.87. The summed E-state index contributed by atoms with van der Waals surface area (Å²) in [7, 11) is 0. The van der Waals surface area contributed by atoms with Gasteiger partial charge in [0, 0.05) is 5.57 Å². The zero-order valence-corrected chi connectivity index (χ0v) is 12.6. The van der Waals surface area contributed by atoms with E-state index in [2.05, 4.69) is 33.8 Å².